The number of benzene rings is 1. The van der Waals surface area contributed by atoms with Crippen molar-refractivity contribution in [3.63, 3.8) is 0 Å². The predicted octanol–water partition coefficient (Wildman–Crippen LogP) is 5.05. The lowest BCUT2D eigenvalue weighted by Gasteiger charge is -2.27. The molecule has 0 aliphatic heterocycles. The van der Waals surface area contributed by atoms with E-state index in [0.29, 0.717) is 12.0 Å². The molecule has 1 aliphatic carbocycles. The summed E-state index contributed by atoms with van der Waals surface area (Å²) in [7, 11) is 0. The molecule has 1 heterocycles. The van der Waals surface area contributed by atoms with Crippen LogP contribution in [0, 0.1) is 12.8 Å². The van der Waals surface area contributed by atoms with Crippen LogP contribution in [0.5, 0.6) is 0 Å². The minimum atomic E-state index is 0.0617. The summed E-state index contributed by atoms with van der Waals surface area (Å²) in [5.74, 6) is 1.57. The van der Waals surface area contributed by atoms with Crippen molar-refractivity contribution in [2.75, 3.05) is 0 Å². The van der Waals surface area contributed by atoms with Crippen LogP contribution >= 0.6 is 23.1 Å². The van der Waals surface area contributed by atoms with E-state index in [1.54, 1.807) is 23.1 Å². The van der Waals surface area contributed by atoms with Gasteiger partial charge in [0, 0.05) is 22.1 Å². The van der Waals surface area contributed by atoms with Crippen molar-refractivity contribution in [1.29, 1.82) is 0 Å². The Hall–Kier alpha value is -1.33. The highest BCUT2D eigenvalue weighted by molar-refractivity contribution is 7.98. The van der Waals surface area contributed by atoms with Crippen molar-refractivity contribution < 1.29 is 4.79 Å². The lowest BCUT2D eigenvalue weighted by Crippen LogP contribution is -2.38. The van der Waals surface area contributed by atoms with Gasteiger partial charge in [0.1, 0.15) is 0 Å². The Labute approximate surface area is 152 Å². The fourth-order valence-corrected chi connectivity index (χ4v) is 4.90. The first-order valence-electron chi connectivity index (χ1n) is 8.55. The number of rotatable bonds is 5. The highest BCUT2D eigenvalue weighted by Crippen LogP contribution is 2.28. The first-order valence-corrected chi connectivity index (χ1v) is 10.4. The van der Waals surface area contributed by atoms with Gasteiger partial charge in [-0.3, -0.25) is 4.79 Å². The molecule has 24 heavy (non-hydrogen) atoms. The second-order valence-electron chi connectivity index (χ2n) is 6.58. The van der Waals surface area contributed by atoms with Crippen LogP contribution in [0.25, 0.3) is 0 Å². The maximum atomic E-state index is 12.7. The number of amides is 1. The molecule has 0 bridgehead atoms. The van der Waals surface area contributed by atoms with Crippen molar-refractivity contribution >= 4 is 29.0 Å². The second kappa shape index (κ2) is 8.17. The van der Waals surface area contributed by atoms with Crippen LogP contribution in [0.15, 0.2) is 34.5 Å². The molecule has 1 aromatic carbocycles. The molecule has 1 N–H and O–H groups in total. The number of nitrogens with one attached hydrogen (secondary N) is 1. The molecule has 1 amide bonds. The van der Waals surface area contributed by atoms with Gasteiger partial charge in [-0.25, -0.2) is 4.98 Å². The SMILES string of the molecule is Cc1nc(CSc2ccccc2C(=O)NC2CCCC(C)C2)cs1. The van der Waals surface area contributed by atoms with E-state index >= 15 is 0 Å². The maximum Gasteiger partial charge on any atom is 0.252 e. The largest absolute Gasteiger partial charge is 0.349 e. The molecule has 1 fully saturated rings. The van der Waals surface area contributed by atoms with Gasteiger partial charge < -0.3 is 5.32 Å². The summed E-state index contributed by atoms with van der Waals surface area (Å²) in [4.78, 5) is 18.2. The molecule has 1 aliphatic rings. The number of carbonyl (C=O) groups excluding carboxylic acids is 1. The molecular formula is C19H24N2OS2. The Morgan fingerprint density at radius 1 is 1.38 bits per heavy atom. The molecule has 0 saturated heterocycles. The van der Waals surface area contributed by atoms with Crippen LogP contribution in [-0.2, 0) is 5.75 Å². The van der Waals surface area contributed by atoms with E-state index in [1.807, 2.05) is 31.2 Å². The summed E-state index contributed by atoms with van der Waals surface area (Å²) in [6.45, 7) is 4.29. The van der Waals surface area contributed by atoms with Gasteiger partial charge in [-0.2, -0.15) is 0 Å². The molecule has 2 aromatic rings. The fourth-order valence-electron chi connectivity index (χ4n) is 3.23. The first-order chi connectivity index (χ1) is 11.6. The van der Waals surface area contributed by atoms with E-state index in [9.17, 15) is 4.79 Å². The number of aromatic nitrogens is 1. The maximum absolute atomic E-state index is 12.7. The van der Waals surface area contributed by atoms with Gasteiger partial charge in [0.05, 0.1) is 16.3 Å². The summed E-state index contributed by atoms with van der Waals surface area (Å²) in [6, 6.07) is 8.21. The van der Waals surface area contributed by atoms with Gasteiger partial charge >= 0.3 is 0 Å². The Bertz CT molecular complexity index is 698. The Morgan fingerprint density at radius 3 is 2.96 bits per heavy atom. The molecule has 2 unspecified atom stereocenters. The summed E-state index contributed by atoms with van der Waals surface area (Å²) >= 11 is 3.36. The molecule has 3 nitrogen and oxygen atoms in total. The van der Waals surface area contributed by atoms with Crippen LogP contribution in [0.4, 0.5) is 0 Å². The van der Waals surface area contributed by atoms with Crippen molar-refractivity contribution in [2.24, 2.45) is 5.92 Å². The molecule has 1 saturated carbocycles. The monoisotopic (exact) mass is 360 g/mol. The minimum Gasteiger partial charge on any atom is -0.349 e. The third kappa shape index (κ3) is 4.61. The van der Waals surface area contributed by atoms with Crippen LogP contribution < -0.4 is 5.32 Å². The first kappa shape index (κ1) is 17.5. The van der Waals surface area contributed by atoms with E-state index < -0.39 is 0 Å². The zero-order valence-corrected chi connectivity index (χ0v) is 15.9. The van der Waals surface area contributed by atoms with Crippen LogP contribution in [0.1, 0.15) is 53.7 Å². The Kier molecular flexibility index (Phi) is 5.95. The average Bonchev–Trinajstić information content (AvgIpc) is 2.99. The number of aryl methyl sites for hydroxylation is 1. The molecule has 128 valence electrons. The van der Waals surface area contributed by atoms with Crippen molar-refractivity contribution in [3.05, 3.63) is 45.9 Å². The molecular weight excluding hydrogens is 336 g/mol. The third-order valence-electron chi connectivity index (χ3n) is 4.45. The second-order valence-corrected chi connectivity index (χ2v) is 8.66. The number of thiazole rings is 1. The third-order valence-corrected chi connectivity index (χ3v) is 6.37. The highest BCUT2D eigenvalue weighted by atomic mass is 32.2. The molecule has 3 rings (SSSR count). The topological polar surface area (TPSA) is 42.0 Å². The van der Waals surface area contributed by atoms with Gasteiger partial charge in [0.25, 0.3) is 5.91 Å². The standard InChI is InChI=1S/C19H24N2OS2/c1-13-6-5-7-15(10-13)21-19(22)17-8-3-4-9-18(17)24-12-16-11-23-14(2)20-16/h3-4,8-9,11,13,15H,5-7,10,12H2,1-2H3,(H,21,22). The quantitative estimate of drug-likeness (QED) is 0.759. The molecule has 5 heteroatoms. The number of carbonyl (C=O) groups is 1. The minimum absolute atomic E-state index is 0.0617. The zero-order chi connectivity index (χ0) is 16.9. The van der Waals surface area contributed by atoms with Crippen LogP contribution in [0.2, 0.25) is 0 Å². The van der Waals surface area contributed by atoms with Gasteiger partial charge in [0.2, 0.25) is 0 Å². The Balaban J connectivity index is 1.65. The average molecular weight is 361 g/mol. The Morgan fingerprint density at radius 2 is 2.21 bits per heavy atom. The smallest absolute Gasteiger partial charge is 0.252 e. The van der Waals surface area contributed by atoms with E-state index in [-0.39, 0.29) is 5.91 Å². The summed E-state index contributed by atoms with van der Waals surface area (Å²) in [6.07, 6.45) is 4.69. The number of nitrogens with zero attached hydrogens (tertiary/aromatic N) is 1. The van der Waals surface area contributed by atoms with Crippen LogP contribution in [0.3, 0.4) is 0 Å². The van der Waals surface area contributed by atoms with Crippen molar-refractivity contribution in [2.45, 2.75) is 56.2 Å². The lowest BCUT2D eigenvalue weighted by molar-refractivity contribution is 0.0918. The van der Waals surface area contributed by atoms with E-state index in [4.69, 9.17) is 0 Å². The molecule has 0 radical (unpaired) electrons. The van der Waals surface area contributed by atoms with E-state index in [0.717, 1.165) is 39.8 Å². The number of hydrogen-bond donors (Lipinski definition) is 1. The normalized spacial score (nSPS) is 20.8. The highest BCUT2D eigenvalue weighted by Gasteiger charge is 2.22. The summed E-state index contributed by atoms with van der Waals surface area (Å²) in [5.41, 5.74) is 1.87. The predicted molar refractivity (Wildman–Crippen MR) is 102 cm³/mol. The van der Waals surface area contributed by atoms with Gasteiger partial charge in [-0.05, 0) is 37.8 Å². The lowest BCUT2D eigenvalue weighted by atomic mass is 9.87. The van der Waals surface area contributed by atoms with Crippen LogP contribution in [-0.4, -0.2) is 16.9 Å². The number of thioether (sulfide) groups is 1. The van der Waals surface area contributed by atoms with Gasteiger partial charge in [-0.1, -0.05) is 31.9 Å². The van der Waals surface area contributed by atoms with E-state index in [2.05, 4.69) is 22.6 Å². The zero-order valence-electron chi connectivity index (χ0n) is 14.2. The van der Waals surface area contributed by atoms with Crippen molar-refractivity contribution in [3.8, 4) is 0 Å². The molecule has 0 spiro atoms. The van der Waals surface area contributed by atoms with Gasteiger partial charge in [0.15, 0.2) is 0 Å². The molecule has 1 aromatic heterocycles. The van der Waals surface area contributed by atoms with Crippen molar-refractivity contribution in [1.82, 2.24) is 10.3 Å². The summed E-state index contributed by atoms with van der Waals surface area (Å²) in [5, 5.41) is 6.42. The van der Waals surface area contributed by atoms with Gasteiger partial charge in [-0.15, -0.1) is 23.1 Å². The molecule has 2 atom stereocenters. The van der Waals surface area contributed by atoms with E-state index in [1.165, 1.54) is 12.8 Å². The number of hydrogen-bond acceptors (Lipinski definition) is 4. The summed E-state index contributed by atoms with van der Waals surface area (Å²) < 4.78 is 0. The fraction of sp³-hybridized carbons (Fsp3) is 0.474.